The summed E-state index contributed by atoms with van der Waals surface area (Å²) in [6, 6.07) is 5.37. The van der Waals surface area contributed by atoms with E-state index in [4.69, 9.17) is 5.73 Å². The predicted molar refractivity (Wildman–Crippen MR) is 82.2 cm³/mol. The van der Waals surface area contributed by atoms with Gasteiger partial charge < -0.3 is 10.6 Å². The molecule has 1 aliphatic heterocycles. The van der Waals surface area contributed by atoms with Gasteiger partial charge in [-0.05, 0) is 31.0 Å². The molecule has 5 heteroatoms. The van der Waals surface area contributed by atoms with Gasteiger partial charge >= 0.3 is 0 Å². The van der Waals surface area contributed by atoms with Crippen molar-refractivity contribution in [2.24, 2.45) is 5.73 Å². The number of amides is 2. The average molecular weight is 292 g/mol. The van der Waals surface area contributed by atoms with Crippen LogP contribution in [0.25, 0.3) is 0 Å². The first-order chi connectivity index (χ1) is 9.58. The molecule has 1 aliphatic rings. The van der Waals surface area contributed by atoms with Crippen LogP contribution >= 0.6 is 11.8 Å². The minimum Gasteiger partial charge on any atom is -0.366 e. The molecule has 20 heavy (non-hydrogen) atoms. The van der Waals surface area contributed by atoms with Crippen LogP contribution in [0.15, 0.2) is 23.1 Å². The summed E-state index contributed by atoms with van der Waals surface area (Å²) in [7, 11) is 0. The minimum atomic E-state index is -0.460. The number of hydrogen-bond acceptors (Lipinski definition) is 3. The second-order valence-corrected chi connectivity index (χ2v) is 6.15. The number of carbonyl (C=O) groups excluding carboxylic acids is 2. The molecule has 0 saturated heterocycles. The van der Waals surface area contributed by atoms with Crippen LogP contribution in [0, 0.1) is 0 Å². The van der Waals surface area contributed by atoms with E-state index in [-0.39, 0.29) is 11.2 Å². The molecule has 2 N–H and O–H groups in total. The van der Waals surface area contributed by atoms with E-state index in [1.807, 2.05) is 17.9 Å². The van der Waals surface area contributed by atoms with Crippen molar-refractivity contribution in [1.29, 1.82) is 0 Å². The average Bonchev–Trinajstić information content (AvgIpc) is 2.45. The summed E-state index contributed by atoms with van der Waals surface area (Å²) in [5, 5.41) is -0.0289. The third-order valence-corrected chi connectivity index (χ3v) is 4.87. The highest BCUT2D eigenvalue weighted by Crippen LogP contribution is 2.40. The van der Waals surface area contributed by atoms with Gasteiger partial charge in [-0.1, -0.05) is 20.3 Å². The maximum atomic E-state index is 12.5. The summed E-state index contributed by atoms with van der Waals surface area (Å²) in [6.07, 6.45) is 2.79. The van der Waals surface area contributed by atoms with Crippen molar-refractivity contribution in [2.75, 3.05) is 11.4 Å². The standard InChI is InChI=1S/C15H20N2O2S/c1-3-5-8-17-11-9-10(14(16)18)6-7-13(11)20-12(4-2)15(17)19/h6-7,9,12H,3-5,8H2,1-2H3,(H2,16,18). The Morgan fingerprint density at radius 1 is 1.40 bits per heavy atom. The van der Waals surface area contributed by atoms with Crippen LogP contribution in [0.1, 0.15) is 43.5 Å². The maximum absolute atomic E-state index is 12.5. The fraction of sp³-hybridized carbons (Fsp3) is 0.467. The molecule has 1 aromatic rings. The van der Waals surface area contributed by atoms with Crippen LogP contribution in [-0.2, 0) is 4.79 Å². The predicted octanol–water partition coefficient (Wildman–Crippen LogP) is 2.80. The summed E-state index contributed by atoms with van der Waals surface area (Å²) < 4.78 is 0. The quantitative estimate of drug-likeness (QED) is 0.907. The number of hydrogen-bond donors (Lipinski definition) is 1. The first-order valence-electron chi connectivity index (χ1n) is 7.00. The Hall–Kier alpha value is -1.49. The van der Waals surface area contributed by atoms with E-state index in [0.29, 0.717) is 12.1 Å². The Balaban J connectivity index is 2.41. The highest BCUT2D eigenvalue weighted by Gasteiger charge is 2.32. The molecular formula is C15H20N2O2S. The van der Waals surface area contributed by atoms with Gasteiger partial charge in [-0.15, -0.1) is 11.8 Å². The smallest absolute Gasteiger partial charge is 0.248 e. The van der Waals surface area contributed by atoms with E-state index in [1.165, 1.54) is 0 Å². The Bertz CT molecular complexity index is 531. The molecule has 1 aromatic carbocycles. The lowest BCUT2D eigenvalue weighted by molar-refractivity contribution is -0.118. The van der Waals surface area contributed by atoms with Crippen LogP contribution in [0.5, 0.6) is 0 Å². The molecule has 0 aliphatic carbocycles. The summed E-state index contributed by atoms with van der Waals surface area (Å²) in [5.74, 6) is -0.321. The third-order valence-electron chi connectivity index (χ3n) is 3.45. The Morgan fingerprint density at radius 3 is 2.75 bits per heavy atom. The number of primary amides is 1. The van der Waals surface area contributed by atoms with Crippen molar-refractivity contribution in [2.45, 2.75) is 43.3 Å². The van der Waals surface area contributed by atoms with Gasteiger partial charge in [0.25, 0.3) is 0 Å². The molecule has 2 rings (SSSR count). The maximum Gasteiger partial charge on any atom is 0.248 e. The zero-order chi connectivity index (χ0) is 14.7. The number of rotatable bonds is 5. The fourth-order valence-electron chi connectivity index (χ4n) is 2.28. The number of benzene rings is 1. The van der Waals surface area contributed by atoms with Crippen LogP contribution in [0.4, 0.5) is 5.69 Å². The zero-order valence-corrected chi connectivity index (χ0v) is 12.7. The second-order valence-electron chi connectivity index (χ2n) is 4.90. The Kier molecular flexibility index (Phi) is 4.70. The van der Waals surface area contributed by atoms with Crippen molar-refractivity contribution in [1.82, 2.24) is 0 Å². The van der Waals surface area contributed by atoms with E-state index >= 15 is 0 Å². The van der Waals surface area contributed by atoms with Crippen molar-refractivity contribution < 1.29 is 9.59 Å². The molecule has 0 aromatic heterocycles. The lowest BCUT2D eigenvalue weighted by atomic mass is 10.1. The lowest BCUT2D eigenvalue weighted by Crippen LogP contribution is -2.41. The van der Waals surface area contributed by atoms with E-state index < -0.39 is 5.91 Å². The first kappa shape index (κ1) is 14.9. The number of unbranched alkanes of at least 4 members (excludes halogenated alkanes) is 1. The van der Waals surface area contributed by atoms with Gasteiger partial charge in [-0.2, -0.15) is 0 Å². The summed E-state index contributed by atoms with van der Waals surface area (Å²) in [6.45, 7) is 4.82. The van der Waals surface area contributed by atoms with Gasteiger partial charge in [0.15, 0.2) is 0 Å². The molecule has 0 spiro atoms. The molecule has 1 unspecified atom stereocenters. The molecule has 0 fully saturated rings. The zero-order valence-electron chi connectivity index (χ0n) is 11.9. The van der Waals surface area contributed by atoms with Crippen molar-refractivity contribution in [3.05, 3.63) is 23.8 Å². The second kappa shape index (κ2) is 6.31. The summed E-state index contributed by atoms with van der Waals surface area (Å²) in [4.78, 5) is 26.7. The van der Waals surface area contributed by atoms with Gasteiger partial charge in [-0.3, -0.25) is 9.59 Å². The number of anilines is 1. The fourth-order valence-corrected chi connectivity index (χ4v) is 3.42. The monoisotopic (exact) mass is 292 g/mol. The normalized spacial score (nSPS) is 18.0. The molecular weight excluding hydrogens is 272 g/mol. The van der Waals surface area contributed by atoms with Crippen molar-refractivity contribution in [3.8, 4) is 0 Å². The molecule has 108 valence electrons. The number of carbonyl (C=O) groups is 2. The van der Waals surface area contributed by atoms with E-state index in [0.717, 1.165) is 29.8 Å². The molecule has 0 bridgehead atoms. The van der Waals surface area contributed by atoms with Crippen LogP contribution in [0.2, 0.25) is 0 Å². The molecule has 0 radical (unpaired) electrons. The summed E-state index contributed by atoms with van der Waals surface area (Å²) in [5.41, 5.74) is 6.61. The van der Waals surface area contributed by atoms with Crippen LogP contribution < -0.4 is 10.6 Å². The topological polar surface area (TPSA) is 63.4 Å². The minimum absolute atomic E-state index is 0.0289. The van der Waals surface area contributed by atoms with E-state index in [1.54, 1.807) is 23.9 Å². The molecule has 2 amide bonds. The van der Waals surface area contributed by atoms with Crippen LogP contribution in [0.3, 0.4) is 0 Å². The third kappa shape index (κ3) is 2.82. The van der Waals surface area contributed by atoms with Gasteiger partial charge in [0, 0.05) is 17.0 Å². The highest BCUT2D eigenvalue weighted by atomic mass is 32.2. The number of thioether (sulfide) groups is 1. The largest absolute Gasteiger partial charge is 0.366 e. The molecule has 1 heterocycles. The number of fused-ring (bicyclic) bond motifs is 1. The van der Waals surface area contributed by atoms with E-state index in [9.17, 15) is 9.59 Å². The lowest BCUT2D eigenvalue weighted by Gasteiger charge is -2.33. The molecule has 0 saturated carbocycles. The molecule has 1 atom stereocenters. The Labute approximate surface area is 123 Å². The highest BCUT2D eigenvalue weighted by molar-refractivity contribution is 8.01. The SMILES string of the molecule is CCCCN1C(=O)C(CC)Sc2ccc(C(N)=O)cc21. The first-order valence-corrected chi connectivity index (χ1v) is 7.88. The van der Waals surface area contributed by atoms with Gasteiger partial charge in [0.1, 0.15) is 0 Å². The van der Waals surface area contributed by atoms with Crippen LogP contribution in [-0.4, -0.2) is 23.6 Å². The van der Waals surface area contributed by atoms with Gasteiger partial charge in [0.2, 0.25) is 11.8 Å². The van der Waals surface area contributed by atoms with Crippen molar-refractivity contribution in [3.63, 3.8) is 0 Å². The van der Waals surface area contributed by atoms with Gasteiger partial charge in [0.05, 0.1) is 10.9 Å². The molecule has 4 nitrogen and oxygen atoms in total. The summed E-state index contributed by atoms with van der Waals surface area (Å²) >= 11 is 1.58. The Morgan fingerprint density at radius 2 is 2.15 bits per heavy atom. The number of nitrogens with two attached hydrogens (primary N) is 1. The van der Waals surface area contributed by atoms with E-state index in [2.05, 4.69) is 6.92 Å². The van der Waals surface area contributed by atoms with Gasteiger partial charge in [-0.25, -0.2) is 0 Å². The van der Waals surface area contributed by atoms with Crippen molar-refractivity contribution >= 4 is 29.3 Å². The number of nitrogens with zero attached hydrogens (tertiary/aromatic N) is 1.